The minimum atomic E-state index is -0.326. The van der Waals surface area contributed by atoms with E-state index in [1.165, 1.54) is 0 Å². The Kier molecular flexibility index (Phi) is 4.76. The molecule has 0 aromatic heterocycles. The van der Waals surface area contributed by atoms with Crippen LogP contribution in [0, 0.1) is 19.8 Å². The Labute approximate surface area is 109 Å². The summed E-state index contributed by atoms with van der Waals surface area (Å²) in [5, 5.41) is 0. The second kappa shape index (κ2) is 5.89. The number of rotatable bonds is 4. The van der Waals surface area contributed by atoms with Crippen molar-refractivity contribution in [1.82, 2.24) is 0 Å². The van der Waals surface area contributed by atoms with E-state index in [1.54, 1.807) is 6.07 Å². The zero-order chi connectivity index (χ0) is 13.9. The van der Waals surface area contributed by atoms with Gasteiger partial charge < -0.3 is 10.5 Å². The summed E-state index contributed by atoms with van der Waals surface area (Å²) in [6.45, 7) is 9.97. The second-order valence-electron chi connectivity index (χ2n) is 5.39. The van der Waals surface area contributed by atoms with Gasteiger partial charge in [0.15, 0.2) is 0 Å². The van der Waals surface area contributed by atoms with Crippen molar-refractivity contribution in [1.29, 1.82) is 0 Å². The topological polar surface area (TPSA) is 52.3 Å². The lowest BCUT2D eigenvalue weighted by Gasteiger charge is -2.16. The van der Waals surface area contributed by atoms with E-state index >= 15 is 0 Å². The number of hydrogen-bond acceptors (Lipinski definition) is 3. The predicted molar refractivity (Wildman–Crippen MR) is 74.7 cm³/mol. The number of nitrogen functional groups attached to an aromatic ring is 1. The fourth-order valence-corrected chi connectivity index (χ4v) is 2.11. The van der Waals surface area contributed by atoms with E-state index in [1.807, 2.05) is 26.8 Å². The van der Waals surface area contributed by atoms with Crippen molar-refractivity contribution in [3.63, 3.8) is 0 Å². The molecule has 0 aliphatic heterocycles. The molecule has 0 fully saturated rings. The molecule has 2 N–H and O–H groups in total. The highest BCUT2D eigenvalue weighted by Crippen LogP contribution is 2.21. The van der Waals surface area contributed by atoms with Crippen LogP contribution >= 0.6 is 0 Å². The van der Waals surface area contributed by atoms with Crippen molar-refractivity contribution in [3.05, 3.63) is 28.8 Å². The molecule has 1 rings (SSSR count). The number of aryl methyl sites for hydroxylation is 2. The van der Waals surface area contributed by atoms with E-state index in [0.29, 0.717) is 17.2 Å². The largest absolute Gasteiger partial charge is 0.459 e. The first-order chi connectivity index (χ1) is 8.31. The van der Waals surface area contributed by atoms with E-state index in [-0.39, 0.29) is 12.1 Å². The van der Waals surface area contributed by atoms with Gasteiger partial charge in [-0.15, -0.1) is 0 Å². The summed E-state index contributed by atoms with van der Waals surface area (Å²) in [4.78, 5) is 12.1. The summed E-state index contributed by atoms with van der Waals surface area (Å²) >= 11 is 0. The predicted octanol–water partition coefficient (Wildman–Crippen LogP) is 3.48. The van der Waals surface area contributed by atoms with Crippen molar-refractivity contribution in [2.75, 3.05) is 5.73 Å². The van der Waals surface area contributed by atoms with Crippen LogP contribution in [0.2, 0.25) is 0 Å². The normalized spacial score (nSPS) is 12.6. The third-order valence-corrected chi connectivity index (χ3v) is 2.86. The number of anilines is 1. The van der Waals surface area contributed by atoms with Gasteiger partial charge in [-0.05, 0) is 50.3 Å². The SMILES string of the molecule is Cc1cc(C)c(N)c(C(=O)OC(C)CC(C)C)c1. The maximum atomic E-state index is 12.1. The number of nitrogens with two attached hydrogens (primary N) is 1. The Morgan fingerprint density at radius 2 is 1.89 bits per heavy atom. The monoisotopic (exact) mass is 249 g/mol. The lowest BCUT2D eigenvalue weighted by molar-refractivity contribution is 0.0301. The van der Waals surface area contributed by atoms with Gasteiger partial charge in [-0.1, -0.05) is 19.9 Å². The summed E-state index contributed by atoms with van der Waals surface area (Å²) in [5.74, 6) is 0.178. The number of esters is 1. The number of hydrogen-bond donors (Lipinski definition) is 1. The maximum absolute atomic E-state index is 12.1. The van der Waals surface area contributed by atoms with Gasteiger partial charge in [0.1, 0.15) is 0 Å². The number of carbonyl (C=O) groups excluding carboxylic acids is 1. The van der Waals surface area contributed by atoms with E-state index in [4.69, 9.17) is 10.5 Å². The maximum Gasteiger partial charge on any atom is 0.340 e. The summed E-state index contributed by atoms with van der Waals surface area (Å²) in [6, 6.07) is 3.75. The Morgan fingerprint density at radius 1 is 1.28 bits per heavy atom. The van der Waals surface area contributed by atoms with Crippen molar-refractivity contribution in [3.8, 4) is 0 Å². The Bertz CT molecular complexity index is 438. The molecule has 0 radical (unpaired) electrons. The average molecular weight is 249 g/mol. The molecule has 0 bridgehead atoms. The quantitative estimate of drug-likeness (QED) is 0.656. The first-order valence-electron chi connectivity index (χ1n) is 6.39. The molecule has 0 saturated heterocycles. The molecule has 0 heterocycles. The molecule has 1 aromatic rings. The van der Waals surface area contributed by atoms with Gasteiger partial charge in [-0.25, -0.2) is 4.79 Å². The lowest BCUT2D eigenvalue weighted by atomic mass is 10.0. The minimum absolute atomic E-state index is 0.0854. The zero-order valence-electron chi connectivity index (χ0n) is 11.9. The van der Waals surface area contributed by atoms with Crippen LogP contribution in [0.25, 0.3) is 0 Å². The highest BCUT2D eigenvalue weighted by atomic mass is 16.5. The van der Waals surface area contributed by atoms with Gasteiger partial charge in [0.05, 0.1) is 11.7 Å². The fraction of sp³-hybridized carbons (Fsp3) is 0.533. The summed E-state index contributed by atoms with van der Waals surface area (Å²) < 4.78 is 5.42. The van der Waals surface area contributed by atoms with Crippen LogP contribution < -0.4 is 5.73 Å². The summed E-state index contributed by atoms with van der Waals surface area (Å²) in [5.41, 5.74) is 8.85. The molecule has 0 amide bonds. The Morgan fingerprint density at radius 3 is 2.44 bits per heavy atom. The van der Waals surface area contributed by atoms with E-state index < -0.39 is 0 Å². The number of benzene rings is 1. The molecular formula is C15H23NO2. The molecule has 0 spiro atoms. The van der Waals surface area contributed by atoms with Crippen molar-refractivity contribution in [2.45, 2.75) is 47.1 Å². The van der Waals surface area contributed by atoms with Gasteiger partial charge >= 0.3 is 5.97 Å². The molecule has 0 aliphatic rings. The standard InChI is InChI=1S/C15H23NO2/c1-9(2)6-12(5)18-15(17)13-8-10(3)7-11(4)14(13)16/h7-9,12H,6,16H2,1-5H3. The molecule has 1 unspecified atom stereocenters. The molecule has 0 saturated carbocycles. The van der Waals surface area contributed by atoms with Gasteiger partial charge in [0.2, 0.25) is 0 Å². The van der Waals surface area contributed by atoms with Crippen LogP contribution in [-0.4, -0.2) is 12.1 Å². The smallest absolute Gasteiger partial charge is 0.340 e. The molecule has 3 heteroatoms. The molecule has 3 nitrogen and oxygen atoms in total. The first-order valence-corrected chi connectivity index (χ1v) is 6.39. The van der Waals surface area contributed by atoms with Crippen molar-refractivity contribution in [2.24, 2.45) is 5.92 Å². The van der Waals surface area contributed by atoms with E-state index in [9.17, 15) is 4.79 Å². The van der Waals surface area contributed by atoms with Crippen LogP contribution in [0.3, 0.4) is 0 Å². The Balaban J connectivity index is 2.85. The highest BCUT2D eigenvalue weighted by molar-refractivity contribution is 5.96. The highest BCUT2D eigenvalue weighted by Gasteiger charge is 2.17. The van der Waals surface area contributed by atoms with Crippen LogP contribution in [0.1, 0.15) is 48.7 Å². The van der Waals surface area contributed by atoms with Gasteiger partial charge in [-0.2, -0.15) is 0 Å². The summed E-state index contributed by atoms with van der Waals surface area (Å²) in [6.07, 6.45) is 0.772. The van der Waals surface area contributed by atoms with Gasteiger partial charge in [0, 0.05) is 5.69 Å². The third-order valence-electron chi connectivity index (χ3n) is 2.86. The van der Waals surface area contributed by atoms with Crippen molar-refractivity contribution >= 4 is 11.7 Å². The van der Waals surface area contributed by atoms with Crippen LogP contribution in [0.5, 0.6) is 0 Å². The van der Waals surface area contributed by atoms with Gasteiger partial charge in [-0.3, -0.25) is 0 Å². The zero-order valence-corrected chi connectivity index (χ0v) is 11.9. The molecule has 100 valence electrons. The minimum Gasteiger partial charge on any atom is -0.459 e. The number of carbonyl (C=O) groups is 1. The van der Waals surface area contributed by atoms with Crippen molar-refractivity contribution < 1.29 is 9.53 Å². The molecule has 18 heavy (non-hydrogen) atoms. The van der Waals surface area contributed by atoms with E-state index in [0.717, 1.165) is 17.5 Å². The van der Waals surface area contributed by atoms with Crippen LogP contribution in [-0.2, 0) is 4.74 Å². The van der Waals surface area contributed by atoms with Crippen LogP contribution in [0.4, 0.5) is 5.69 Å². The molecule has 1 aromatic carbocycles. The molecule has 0 aliphatic carbocycles. The fourth-order valence-electron chi connectivity index (χ4n) is 2.11. The lowest BCUT2D eigenvalue weighted by Crippen LogP contribution is -2.18. The van der Waals surface area contributed by atoms with Gasteiger partial charge in [0.25, 0.3) is 0 Å². The average Bonchev–Trinajstić information content (AvgIpc) is 2.21. The second-order valence-corrected chi connectivity index (χ2v) is 5.39. The third kappa shape index (κ3) is 3.76. The Hall–Kier alpha value is -1.51. The molecular weight excluding hydrogens is 226 g/mol. The first kappa shape index (κ1) is 14.6. The summed E-state index contributed by atoms with van der Waals surface area (Å²) in [7, 11) is 0. The van der Waals surface area contributed by atoms with E-state index in [2.05, 4.69) is 13.8 Å². The molecule has 1 atom stereocenters. The van der Waals surface area contributed by atoms with Crippen LogP contribution in [0.15, 0.2) is 12.1 Å². The number of ether oxygens (including phenoxy) is 1.